The van der Waals surface area contributed by atoms with Crippen molar-refractivity contribution in [3.63, 3.8) is 0 Å². The number of fused-ring (bicyclic) bond motifs is 3. The van der Waals surface area contributed by atoms with Crippen LogP contribution in [0.5, 0.6) is 0 Å². The number of nitrogens with zero attached hydrogens (tertiary/aromatic N) is 3. The molecule has 6 rings (SSSR count). The van der Waals surface area contributed by atoms with E-state index in [9.17, 15) is 22.8 Å². The number of imide groups is 1. The molecule has 192 valence electrons. The number of halogens is 4. The summed E-state index contributed by atoms with van der Waals surface area (Å²) in [5, 5.41) is 7.17. The lowest BCUT2D eigenvalue weighted by Gasteiger charge is -2.31. The number of thioether (sulfide) groups is 1. The zero-order valence-corrected chi connectivity index (χ0v) is 21.1. The highest BCUT2D eigenvalue weighted by molar-refractivity contribution is 8.18. The smallest absolute Gasteiger partial charge is 0.341 e. The van der Waals surface area contributed by atoms with Crippen LogP contribution in [0.25, 0.3) is 17.0 Å². The van der Waals surface area contributed by atoms with Gasteiger partial charge in [0.05, 0.1) is 46.9 Å². The van der Waals surface area contributed by atoms with Gasteiger partial charge in [0.1, 0.15) is 0 Å². The third kappa shape index (κ3) is 4.66. The molecule has 3 aromatic rings. The average molecular weight is 548 g/mol. The highest BCUT2D eigenvalue weighted by Gasteiger charge is 2.46. The molecule has 0 radical (unpaired) electrons. The van der Waals surface area contributed by atoms with Gasteiger partial charge < -0.3 is 5.32 Å². The van der Waals surface area contributed by atoms with Crippen LogP contribution >= 0.6 is 23.4 Å². The molecule has 11 heteroatoms. The number of nitrogens with two attached hydrogens (primary N) is 1. The molecule has 2 aromatic carbocycles. The van der Waals surface area contributed by atoms with Gasteiger partial charge in [-0.2, -0.15) is 18.3 Å². The molecule has 0 aliphatic carbocycles. The number of carbonyl (C=O) groups excluding carboxylic acids is 2. The summed E-state index contributed by atoms with van der Waals surface area (Å²) in [6.45, 7) is -0.0748. The number of amides is 2. The predicted molar refractivity (Wildman–Crippen MR) is 135 cm³/mol. The van der Waals surface area contributed by atoms with Crippen LogP contribution in [0.15, 0.2) is 47.5 Å². The minimum atomic E-state index is -4.53. The summed E-state index contributed by atoms with van der Waals surface area (Å²) in [7, 11) is 0. The minimum Gasteiger partial charge on any atom is -0.341 e. The predicted octanol–water partition coefficient (Wildman–Crippen LogP) is 5.05. The van der Waals surface area contributed by atoms with Crippen molar-refractivity contribution < 1.29 is 28.1 Å². The Bertz CT molecular complexity index is 1440. The number of quaternary nitrogens is 1. The molecule has 2 N–H and O–H groups in total. The average Bonchev–Trinajstić information content (AvgIpc) is 3.49. The van der Waals surface area contributed by atoms with E-state index in [1.165, 1.54) is 21.7 Å². The number of aromatic nitrogens is 2. The van der Waals surface area contributed by atoms with E-state index >= 15 is 0 Å². The van der Waals surface area contributed by atoms with Gasteiger partial charge in [-0.3, -0.25) is 19.2 Å². The van der Waals surface area contributed by atoms with E-state index in [1.807, 2.05) is 6.07 Å². The Morgan fingerprint density at radius 3 is 2.59 bits per heavy atom. The van der Waals surface area contributed by atoms with Crippen molar-refractivity contribution in [2.75, 3.05) is 0 Å². The summed E-state index contributed by atoms with van der Waals surface area (Å²) >= 11 is 6.76. The zero-order chi connectivity index (χ0) is 25.9. The van der Waals surface area contributed by atoms with Crippen LogP contribution < -0.4 is 5.32 Å². The Labute approximate surface area is 219 Å². The van der Waals surface area contributed by atoms with Crippen molar-refractivity contribution in [1.82, 2.24) is 14.7 Å². The van der Waals surface area contributed by atoms with E-state index in [4.69, 9.17) is 11.6 Å². The van der Waals surface area contributed by atoms with E-state index in [1.54, 1.807) is 24.4 Å². The van der Waals surface area contributed by atoms with Gasteiger partial charge >= 0.3 is 6.18 Å². The molecule has 3 aliphatic heterocycles. The van der Waals surface area contributed by atoms with Crippen LogP contribution in [-0.4, -0.2) is 44.0 Å². The Hall–Kier alpha value is -2.82. The quantitative estimate of drug-likeness (QED) is 0.464. The highest BCUT2D eigenvalue weighted by Crippen LogP contribution is 2.38. The third-order valence-corrected chi connectivity index (χ3v) is 8.57. The molecule has 3 saturated heterocycles. The first-order chi connectivity index (χ1) is 17.7. The first-order valence-corrected chi connectivity index (χ1v) is 13.3. The number of piperidine rings is 1. The van der Waals surface area contributed by atoms with Crippen molar-refractivity contribution in [2.24, 2.45) is 0 Å². The maximum Gasteiger partial charge on any atom is 0.416 e. The van der Waals surface area contributed by atoms with Crippen LogP contribution in [0.3, 0.4) is 0 Å². The molecule has 37 heavy (non-hydrogen) atoms. The van der Waals surface area contributed by atoms with E-state index in [2.05, 4.69) is 10.4 Å². The zero-order valence-electron chi connectivity index (χ0n) is 19.5. The maximum atomic E-state index is 13.5. The van der Waals surface area contributed by atoms with Crippen LogP contribution in [0, 0.1) is 0 Å². The van der Waals surface area contributed by atoms with Gasteiger partial charge in [0.25, 0.3) is 11.1 Å². The number of rotatable bonds is 4. The summed E-state index contributed by atoms with van der Waals surface area (Å²) in [6, 6.07) is 9.99. The van der Waals surface area contributed by atoms with Crippen molar-refractivity contribution in [3.05, 3.63) is 69.2 Å². The Morgan fingerprint density at radius 1 is 1.11 bits per heavy atom. The molecule has 4 heterocycles. The van der Waals surface area contributed by atoms with Gasteiger partial charge in [0.2, 0.25) is 0 Å². The summed E-state index contributed by atoms with van der Waals surface area (Å²) in [5.74, 6) is -0.250. The molecule has 0 spiro atoms. The van der Waals surface area contributed by atoms with E-state index in [0.717, 1.165) is 54.5 Å². The fourth-order valence-electron chi connectivity index (χ4n) is 5.78. The molecule has 6 nitrogen and oxygen atoms in total. The largest absolute Gasteiger partial charge is 0.416 e. The van der Waals surface area contributed by atoms with Gasteiger partial charge in [-0.1, -0.05) is 23.7 Å². The fraction of sp³-hybridized carbons (Fsp3) is 0.346. The van der Waals surface area contributed by atoms with Crippen molar-refractivity contribution >= 4 is 51.5 Å². The first-order valence-electron chi connectivity index (χ1n) is 12.1. The molecular formula is C26H23ClF3N4O2S+. The lowest BCUT2D eigenvalue weighted by atomic mass is 9.98. The molecule has 2 atom stereocenters. The van der Waals surface area contributed by atoms with E-state index < -0.39 is 11.7 Å². The highest BCUT2D eigenvalue weighted by atomic mass is 35.5. The summed E-state index contributed by atoms with van der Waals surface area (Å²) in [6.07, 6.45) is 2.71. The Kier molecular flexibility index (Phi) is 6.08. The summed E-state index contributed by atoms with van der Waals surface area (Å²) < 4.78 is 42.0. The fourth-order valence-corrected chi connectivity index (χ4v) is 6.85. The van der Waals surface area contributed by atoms with Crippen LogP contribution in [0.2, 0.25) is 5.02 Å². The summed E-state index contributed by atoms with van der Waals surface area (Å²) in [4.78, 5) is 27.7. The molecule has 2 amide bonds. The molecule has 0 saturated carbocycles. The maximum absolute atomic E-state index is 13.5. The van der Waals surface area contributed by atoms with E-state index in [0.29, 0.717) is 22.5 Å². The SMILES string of the molecule is O=C1S/C(=C\c2ccc3c(cnn3Cc3ccc(Cl)cc3C(F)(F)F)c2)C(=O)N1C1CC2CCC(C1)[NH2+]2. The van der Waals surface area contributed by atoms with Gasteiger partial charge in [0.15, 0.2) is 0 Å². The third-order valence-electron chi connectivity index (χ3n) is 7.45. The lowest BCUT2D eigenvalue weighted by Crippen LogP contribution is -2.94. The van der Waals surface area contributed by atoms with Crippen molar-refractivity contribution in [1.29, 1.82) is 0 Å². The second-order valence-corrected chi connectivity index (χ2v) is 11.3. The van der Waals surface area contributed by atoms with Gasteiger partial charge in [-0.25, -0.2) is 0 Å². The Balaban J connectivity index is 1.24. The van der Waals surface area contributed by atoms with Crippen LogP contribution in [0.4, 0.5) is 18.0 Å². The van der Waals surface area contributed by atoms with Crippen molar-refractivity contribution in [2.45, 2.75) is 56.5 Å². The minimum absolute atomic E-state index is 0.0182. The molecule has 3 fully saturated rings. The van der Waals surface area contributed by atoms with Crippen molar-refractivity contribution in [3.8, 4) is 0 Å². The second-order valence-electron chi connectivity index (χ2n) is 9.89. The Morgan fingerprint density at radius 2 is 1.86 bits per heavy atom. The lowest BCUT2D eigenvalue weighted by molar-refractivity contribution is -0.711. The monoisotopic (exact) mass is 547 g/mol. The molecule has 2 bridgehead atoms. The van der Waals surface area contributed by atoms with Gasteiger partial charge in [0, 0.05) is 36.1 Å². The topological polar surface area (TPSA) is 71.8 Å². The van der Waals surface area contributed by atoms with Crippen LogP contribution in [-0.2, 0) is 17.5 Å². The molecule has 1 aromatic heterocycles. The summed E-state index contributed by atoms with van der Waals surface area (Å²) in [5.41, 5.74) is 0.646. The molecule has 2 unspecified atom stereocenters. The number of hydrogen-bond acceptors (Lipinski definition) is 4. The molecular weight excluding hydrogens is 525 g/mol. The number of carbonyl (C=O) groups is 2. The normalized spacial score (nSPS) is 25.1. The second kappa shape index (κ2) is 9.18. The number of benzene rings is 2. The number of alkyl halides is 3. The number of hydrogen-bond donors (Lipinski definition) is 1. The first kappa shape index (κ1) is 24.5. The standard InChI is InChI=1S/C26H22ClF3N4O2S/c27-17-3-2-15(21(9-17)26(28,29)30)13-33-22-6-1-14(7-16(22)12-31-33)8-23-24(35)34(25(36)37-23)20-10-18-4-5-19(11-20)32-18/h1-3,6-9,12,18-20,32H,4-5,10-11,13H2/p+1/b23-8-. The van der Waals surface area contributed by atoms with Gasteiger partial charge in [-0.15, -0.1) is 0 Å². The molecule has 3 aliphatic rings. The van der Waals surface area contributed by atoms with Crippen LogP contribution in [0.1, 0.15) is 42.4 Å². The van der Waals surface area contributed by atoms with Gasteiger partial charge in [-0.05, 0) is 53.2 Å². The van der Waals surface area contributed by atoms with E-state index in [-0.39, 0.29) is 34.3 Å².